The number of ether oxygens (including phenoxy) is 3. The molecule has 5 atom stereocenters. The molecule has 4 bridgehead atoms. The van der Waals surface area contributed by atoms with Gasteiger partial charge in [-0.1, -0.05) is 126 Å². The third kappa shape index (κ3) is 17.9. The summed E-state index contributed by atoms with van der Waals surface area (Å²) in [5.41, 5.74) is 8.85. The van der Waals surface area contributed by atoms with E-state index >= 15 is 0 Å². The molecular weight excluding hydrogens is 923 g/mol. The molecule has 3 aromatic carbocycles. The van der Waals surface area contributed by atoms with Crippen LogP contribution in [-0.2, 0) is 51.3 Å². The van der Waals surface area contributed by atoms with Crippen LogP contribution in [0.25, 0.3) is 11.1 Å². The minimum atomic E-state index is -1.65. The summed E-state index contributed by atoms with van der Waals surface area (Å²) < 4.78 is 17.2. The molecule has 0 saturated heterocycles. The second-order valence-corrected chi connectivity index (χ2v) is 18.5. The Morgan fingerprint density at radius 2 is 1.33 bits per heavy atom. The Morgan fingerprint density at radius 3 is 1.93 bits per heavy atom. The first-order valence-corrected chi connectivity index (χ1v) is 25.2. The monoisotopic (exact) mass is 1000 g/mol. The number of likely N-dealkylation sites (N-methyl/N-ethyl adjacent to an activating group) is 2. The second kappa shape index (κ2) is 30.4. The molecule has 0 fully saturated rings. The highest BCUT2D eigenvalue weighted by atomic mass is 16.5. The summed E-state index contributed by atoms with van der Waals surface area (Å²) in [6.07, 6.45) is 13.7. The number of carboxylic acids is 1. The molecule has 0 saturated carbocycles. The van der Waals surface area contributed by atoms with Crippen LogP contribution in [0.4, 0.5) is 0 Å². The Labute approximate surface area is 424 Å². The van der Waals surface area contributed by atoms with Gasteiger partial charge in [-0.15, -0.1) is 0 Å². The number of nitrogens with two attached hydrogens (primary N) is 1. The van der Waals surface area contributed by atoms with Gasteiger partial charge in [-0.25, -0.2) is 4.79 Å². The highest BCUT2D eigenvalue weighted by Gasteiger charge is 2.34. The number of nitrogens with one attached hydrogen (secondary N) is 4. The van der Waals surface area contributed by atoms with Gasteiger partial charge in [0.15, 0.2) is 6.17 Å². The average molecular weight is 1000 g/mol. The standard InChI is InChI=1S/C54H77N7O11/c1-7-8-9-10-11-12-13-14-15-16-17-18-22-25-46(62)60(3)43(35-72-34-37-23-20-19-21-24-37)51(65)59-49(55)53(67)56-33-47(63)61(4)48-39-27-29-45(71-6)41(32-39)40-30-38(26-28-44(40)70-5)31-42(54(68)69)58-50(64)36(2)57-52(48)66/h19-21,23-24,26-30,32,36,42-43,48-49H,7-18,22,25,31,33-35,55H2,1-6H3,(H,56,67)(H,57,66)(H,58,64)(H,59,65)(H,68,69)/t36-,42-,43+,48-,49-/m0/s1. The average Bonchev–Trinajstić information content (AvgIpc) is 3.37. The Hall–Kier alpha value is -6.53. The molecule has 18 nitrogen and oxygen atoms in total. The molecule has 6 amide bonds. The molecule has 0 aromatic heterocycles. The van der Waals surface area contributed by atoms with E-state index in [1.165, 1.54) is 97.9 Å². The maximum atomic E-state index is 14.2. The summed E-state index contributed by atoms with van der Waals surface area (Å²) in [6.45, 7) is 2.93. The summed E-state index contributed by atoms with van der Waals surface area (Å²) in [4.78, 5) is 96.8. The van der Waals surface area contributed by atoms with Crippen molar-refractivity contribution in [3.05, 3.63) is 83.4 Å². The van der Waals surface area contributed by atoms with E-state index in [1.54, 1.807) is 36.4 Å². The lowest BCUT2D eigenvalue weighted by atomic mass is 9.93. The van der Waals surface area contributed by atoms with Gasteiger partial charge in [0.1, 0.15) is 35.7 Å². The van der Waals surface area contributed by atoms with E-state index in [0.717, 1.165) is 29.7 Å². The Bertz CT molecular complexity index is 2260. The number of nitrogens with zero attached hydrogens (tertiary/aromatic N) is 2. The van der Waals surface area contributed by atoms with E-state index < -0.39 is 72.4 Å². The van der Waals surface area contributed by atoms with Crippen LogP contribution in [0.15, 0.2) is 66.7 Å². The lowest BCUT2D eigenvalue weighted by molar-refractivity contribution is -0.143. The molecular formula is C54H77N7O11. The van der Waals surface area contributed by atoms with Gasteiger partial charge in [0.05, 0.1) is 34.0 Å². The molecule has 7 N–H and O–H groups in total. The maximum Gasteiger partial charge on any atom is 0.326 e. The first-order chi connectivity index (χ1) is 34.6. The number of methoxy groups -OCH3 is 2. The van der Waals surface area contributed by atoms with Crippen molar-refractivity contribution in [1.29, 1.82) is 0 Å². The summed E-state index contributed by atoms with van der Waals surface area (Å²) >= 11 is 0. The summed E-state index contributed by atoms with van der Waals surface area (Å²) in [6, 6.07) is 14.0. The quantitative estimate of drug-likeness (QED) is 0.0388. The summed E-state index contributed by atoms with van der Waals surface area (Å²) in [7, 11) is 5.77. The van der Waals surface area contributed by atoms with E-state index in [9.17, 15) is 38.7 Å². The SMILES string of the molecule is CCCCCCCCCCCCCCCC(=O)N(C)[C@H](COCc1ccccc1)C(=O)N[C@H](N)C(=O)NCC(=O)N(C)[C@@H]1C(=O)N[C@@H](C)C(=O)N[C@H](C(=O)O)Cc2ccc(OC)c(c2)-c2cc1ccc2OC. The molecule has 3 aromatic rings. The van der Waals surface area contributed by atoms with Gasteiger partial charge in [-0.3, -0.25) is 28.8 Å². The van der Waals surface area contributed by atoms with Crippen molar-refractivity contribution in [3.8, 4) is 22.6 Å². The fourth-order valence-electron chi connectivity index (χ4n) is 8.57. The van der Waals surface area contributed by atoms with Crippen molar-refractivity contribution >= 4 is 41.4 Å². The van der Waals surface area contributed by atoms with Crippen LogP contribution in [0, 0.1) is 0 Å². The van der Waals surface area contributed by atoms with Crippen molar-refractivity contribution in [2.75, 3.05) is 41.5 Å². The number of rotatable bonds is 28. The first-order valence-electron chi connectivity index (χ1n) is 25.2. The van der Waals surface area contributed by atoms with Crippen LogP contribution in [0.2, 0.25) is 0 Å². The van der Waals surface area contributed by atoms with Gasteiger partial charge < -0.3 is 56.1 Å². The number of carboxylic acid groups (broad SMARTS) is 1. The normalized spacial score (nSPS) is 16.5. The van der Waals surface area contributed by atoms with Crippen LogP contribution < -0.4 is 36.5 Å². The summed E-state index contributed by atoms with van der Waals surface area (Å²) in [5, 5.41) is 20.0. The number of carbonyl (C=O) groups excluding carboxylic acids is 6. The minimum Gasteiger partial charge on any atom is -0.496 e. The van der Waals surface area contributed by atoms with Gasteiger partial charge in [0.2, 0.25) is 29.5 Å². The number of fused-ring (bicyclic) bond motifs is 5. The van der Waals surface area contributed by atoms with Crippen molar-refractivity contribution in [3.63, 3.8) is 0 Å². The lowest BCUT2D eigenvalue weighted by Crippen LogP contribution is -2.59. The van der Waals surface area contributed by atoms with Crippen LogP contribution in [0.3, 0.4) is 0 Å². The number of hydrogen-bond donors (Lipinski definition) is 6. The van der Waals surface area contributed by atoms with Gasteiger partial charge in [-0.05, 0) is 54.3 Å². The molecule has 394 valence electrons. The van der Waals surface area contributed by atoms with Crippen LogP contribution in [0.5, 0.6) is 11.5 Å². The predicted octanol–water partition coefficient (Wildman–Crippen LogP) is 5.54. The first kappa shape index (κ1) is 58.0. The number of carbonyl (C=O) groups is 7. The number of aliphatic carboxylic acids is 1. The fourth-order valence-corrected chi connectivity index (χ4v) is 8.57. The van der Waals surface area contributed by atoms with Crippen molar-refractivity contribution < 1.29 is 52.9 Å². The number of unbranched alkanes of at least 4 members (excludes halogenated alkanes) is 12. The zero-order valence-electron chi connectivity index (χ0n) is 43.0. The van der Waals surface area contributed by atoms with Crippen molar-refractivity contribution in [1.82, 2.24) is 31.1 Å². The molecule has 0 radical (unpaired) electrons. The molecule has 4 rings (SSSR count). The van der Waals surface area contributed by atoms with Crippen LogP contribution in [0.1, 0.15) is 126 Å². The Kier molecular flexibility index (Phi) is 24.5. The minimum absolute atomic E-state index is 0.0836. The second-order valence-electron chi connectivity index (χ2n) is 18.5. The topological polar surface area (TPSA) is 248 Å². The van der Waals surface area contributed by atoms with Crippen molar-refractivity contribution in [2.45, 2.75) is 147 Å². The molecule has 72 heavy (non-hydrogen) atoms. The van der Waals surface area contributed by atoms with E-state index in [0.29, 0.717) is 40.2 Å². The highest BCUT2D eigenvalue weighted by Crippen LogP contribution is 2.39. The number of benzene rings is 3. The molecule has 0 aliphatic carbocycles. The predicted molar refractivity (Wildman–Crippen MR) is 273 cm³/mol. The van der Waals surface area contributed by atoms with Gasteiger partial charge in [-0.2, -0.15) is 0 Å². The van der Waals surface area contributed by atoms with Gasteiger partial charge in [0.25, 0.3) is 5.91 Å². The molecule has 0 spiro atoms. The third-order valence-corrected chi connectivity index (χ3v) is 13.0. The zero-order chi connectivity index (χ0) is 52.6. The molecule has 1 aliphatic rings. The van der Waals surface area contributed by atoms with E-state index in [4.69, 9.17) is 19.9 Å². The van der Waals surface area contributed by atoms with Crippen molar-refractivity contribution in [2.24, 2.45) is 5.73 Å². The van der Waals surface area contributed by atoms with E-state index in [2.05, 4.69) is 28.2 Å². The lowest BCUT2D eigenvalue weighted by Gasteiger charge is -2.30. The van der Waals surface area contributed by atoms with Gasteiger partial charge in [0, 0.05) is 38.1 Å². The fraction of sp³-hybridized carbons (Fsp3) is 0.537. The van der Waals surface area contributed by atoms with Crippen LogP contribution >= 0.6 is 0 Å². The largest absolute Gasteiger partial charge is 0.496 e. The van der Waals surface area contributed by atoms with Crippen LogP contribution in [-0.4, -0.2) is 122 Å². The Balaban J connectivity index is 1.43. The molecule has 0 unspecified atom stereocenters. The van der Waals surface area contributed by atoms with E-state index in [1.807, 2.05) is 30.3 Å². The van der Waals surface area contributed by atoms with E-state index in [-0.39, 0.29) is 32.0 Å². The smallest absolute Gasteiger partial charge is 0.326 e. The third-order valence-electron chi connectivity index (χ3n) is 13.0. The molecule has 18 heteroatoms. The maximum absolute atomic E-state index is 14.2. The number of amides is 6. The number of hydrogen-bond acceptors (Lipinski definition) is 11. The zero-order valence-corrected chi connectivity index (χ0v) is 43.0. The highest BCUT2D eigenvalue weighted by molar-refractivity contribution is 5.96. The summed E-state index contributed by atoms with van der Waals surface area (Å²) in [5.74, 6) is -4.76. The molecule has 1 aliphatic heterocycles. The molecule has 1 heterocycles. The Morgan fingerprint density at radius 1 is 0.750 bits per heavy atom. The van der Waals surface area contributed by atoms with Gasteiger partial charge >= 0.3 is 5.97 Å².